The zero-order chi connectivity index (χ0) is 19.3. The van der Waals surface area contributed by atoms with Gasteiger partial charge in [-0.3, -0.25) is 10.1 Å². The minimum Gasteiger partial charge on any atom is -0.453 e. The molecular formula is C17H14ClF3N2O3. The van der Waals surface area contributed by atoms with Crippen LogP contribution in [-0.4, -0.2) is 25.2 Å². The SMILES string of the molecule is COC(=O)NC(Nc1cc(C(F)(F)F)ccc1Cl)C(=O)c1ccccc1. The second-order valence-electron chi connectivity index (χ2n) is 5.14. The van der Waals surface area contributed by atoms with Gasteiger partial charge in [0.25, 0.3) is 0 Å². The third-order valence-electron chi connectivity index (χ3n) is 3.36. The van der Waals surface area contributed by atoms with E-state index in [1.165, 1.54) is 12.1 Å². The van der Waals surface area contributed by atoms with Gasteiger partial charge in [-0.05, 0) is 18.2 Å². The molecule has 0 aliphatic heterocycles. The summed E-state index contributed by atoms with van der Waals surface area (Å²) in [5.74, 6) is -0.579. The molecule has 1 amide bonds. The summed E-state index contributed by atoms with van der Waals surface area (Å²) in [7, 11) is 1.09. The van der Waals surface area contributed by atoms with Crippen molar-refractivity contribution in [1.29, 1.82) is 0 Å². The average molecular weight is 387 g/mol. The van der Waals surface area contributed by atoms with Crippen LogP contribution in [0.15, 0.2) is 48.5 Å². The number of carbonyl (C=O) groups is 2. The van der Waals surface area contributed by atoms with Crippen molar-refractivity contribution in [2.45, 2.75) is 12.3 Å². The summed E-state index contributed by atoms with van der Waals surface area (Å²) in [5.41, 5.74) is -0.870. The number of hydrogen-bond acceptors (Lipinski definition) is 4. The van der Waals surface area contributed by atoms with Crippen molar-refractivity contribution >= 4 is 29.2 Å². The Hall–Kier alpha value is -2.74. The normalized spacial score (nSPS) is 12.2. The maximum atomic E-state index is 12.9. The topological polar surface area (TPSA) is 67.4 Å². The number of Topliss-reactive ketones (excluding diaryl/α,β-unsaturated/α-hetero) is 1. The molecule has 0 aliphatic rings. The fourth-order valence-electron chi connectivity index (χ4n) is 2.08. The molecule has 1 unspecified atom stereocenters. The van der Waals surface area contributed by atoms with Crippen molar-refractivity contribution in [3.8, 4) is 0 Å². The van der Waals surface area contributed by atoms with Crippen LogP contribution in [0.3, 0.4) is 0 Å². The van der Waals surface area contributed by atoms with Gasteiger partial charge < -0.3 is 10.1 Å². The largest absolute Gasteiger partial charge is 0.453 e. The van der Waals surface area contributed by atoms with Gasteiger partial charge in [-0.15, -0.1) is 0 Å². The van der Waals surface area contributed by atoms with Crippen molar-refractivity contribution in [2.24, 2.45) is 0 Å². The van der Waals surface area contributed by atoms with Gasteiger partial charge in [0.15, 0.2) is 6.17 Å². The molecule has 0 saturated heterocycles. The molecule has 1 atom stereocenters. The summed E-state index contributed by atoms with van der Waals surface area (Å²) >= 11 is 5.93. The number of anilines is 1. The molecule has 0 radical (unpaired) electrons. The number of hydrogen-bond donors (Lipinski definition) is 2. The summed E-state index contributed by atoms with van der Waals surface area (Å²) in [6.45, 7) is 0. The average Bonchev–Trinajstić information content (AvgIpc) is 2.61. The first-order valence-corrected chi connectivity index (χ1v) is 7.67. The van der Waals surface area contributed by atoms with Crippen molar-refractivity contribution in [3.05, 3.63) is 64.7 Å². The lowest BCUT2D eigenvalue weighted by molar-refractivity contribution is -0.137. The first-order chi connectivity index (χ1) is 12.2. The monoisotopic (exact) mass is 386 g/mol. The molecule has 0 heterocycles. The number of ether oxygens (including phenoxy) is 1. The predicted molar refractivity (Wildman–Crippen MR) is 90.2 cm³/mol. The number of carbonyl (C=O) groups excluding carboxylic acids is 2. The third kappa shape index (κ3) is 4.89. The summed E-state index contributed by atoms with van der Waals surface area (Å²) in [6, 6.07) is 10.5. The van der Waals surface area contributed by atoms with Crippen LogP contribution in [0.4, 0.5) is 23.7 Å². The minimum absolute atomic E-state index is 0.0458. The second-order valence-corrected chi connectivity index (χ2v) is 5.54. The molecule has 2 aromatic rings. The molecule has 0 aromatic heterocycles. The van der Waals surface area contributed by atoms with Crippen LogP contribution in [0, 0.1) is 0 Å². The van der Waals surface area contributed by atoms with E-state index in [4.69, 9.17) is 11.6 Å². The number of ketones is 1. The number of halogens is 4. The lowest BCUT2D eigenvalue weighted by Crippen LogP contribution is -2.46. The lowest BCUT2D eigenvalue weighted by Gasteiger charge is -2.21. The van der Waals surface area contributed by atoms with Crippen molar-refractivity contribution in [2.75, 3.05) is 12.4 Å². The zero-order valence-corrected chi connectivity index (χ0v) is 14.2. The fourth-order valence-corrected chi connectivity index (χ4v) is 2.25. The standard InChI is InChI=1S/C17H14ClF3N2O3/c1-26-16(25)23-15(14(24)10-5-3-2-4-6-10)22-13-9-11(17(19,20)21)7-8-12(13)18/h2-9,15,22H,1H3,(H,23,25). The molecule has 0 aliphatic carbocycles. The Kier molecular flexibility index (Phi) is 6.10. The molecule has 9 heteroatoms. The van der Waals surface area contributed by atoms with Gasteiger partial charge >= 0.3 is 12.3 Å². The quantitative estimate of drug-likeness (QED) is 0.592. The summed E-state index contributed by atoms with van der Waals surface area (Å²) in [5, 5.41) is 4.72. The van der Waals surface area contributed by atoms with Gasteiger partial charge in [-0.1, -0.05) is 41.9 Å². The highest BCUT2D eigenvalue weighted by Crippen LogP contribution is 2.34. The van der Waals surface area contributed by atoms with Crippen LogP contribution in [0.25, 0.3) is 0 Å². The summed E-state index contributed by atoms with van der Waals surface area (Å²) in [4.78, 5) is 24.1. The van der Waals surface area contributed by atoms with E-state index in [0.29, 0.717) is 0 Å². The Morgan fingerprint density at radius 2 is 1.77 bits per heavy atom. The smallest absolute Gasteiger partial charge is 0.416 e. The van der Waals surface area contributed by atoms with Crippen LogP contribution >= 0.6 is 11.6 Å². The van der Waals surface area contributed by atoms with Crippen LogP contribution in [0.5, 0.6) is 0 Å². The van der Waals surface area contributed by atoms with Gasteiger partial charge in [0.05, 0.1) is 23.4 Å². The number of alkyl halides is 3. The van der Waals surface area contributed by atoms with E-state index in [2.05, 4.69) is 15.4 Å². The minimum atomic E-state index is -4.59. The first-order valence-electron chi connectivity index (χ1n) is 7.29. The molecule has 2 aromatic carbocycles. The predicted octanol–water partition coefficient (Wildman–Crippen LogP) is 4.34. The zero-order valence-electron chi connectivity index (χ0n) is 13.4. The Morgan fingerprint density at radius 1 is 1.12 bits per heavy atom. The van der Waals surface area contributed by atoms with Crippen LogP contribution in [-0.2, 0) is 10.9 Å². The van der Waals surface area contributed by atoms with Gasteiger partial charge in [0.2, 0.25) is 5.78 Å². The van der Waals surface area contributed by atoms with E-state index in [9.17, 15) is 22.8 Å². The van der Waals surface area contributed by atoms with E-state index in [0.717, 1.165) is 25.3 Å². The molecule has 0 bridgehead atoms. The van der Waals surface area contributed by atoms with E-state index in [1.807, 2.05) is 0 Å². The van der Waals surface area contributed by atoms with Gasteiger partial charge in [0, 0.05) is 5.56 Å². The first kappa shape index (κ1) is 19.6. The summed E-state index contributed by atoms with van der Waals surface area (Å²) < 4.78 is 43.2. The van der Waals surface area contributed by atoms with Crippen molar-refractivity contribution in [1.82, 2.24) is 5.32 Å². The van der Waals surface area contributed by atoms with E-state index in [1.54, 1.807) is 18.2 Å². The molecule has 0 saturated carbocycles. The Labute approximate surface area is 152 Å². The van der Waals surface area contributed by atoms with Crippen LogP contribution < -0.4 is 10.6 Å². The Bertz CT molecular complexity index is 798. The number of alkyl carbamates (subject to hydrolysis) is 1. The number of methoxy groups -OCH3 is 1. The number of nitrogens with one attached hydrogen (secondary N) is 2. The van der Waals surface area contributed by atoms with Gasteiger partial charge in [0.1, 0.15) is 0 Å². The highest BCUT2D eigenvalue weighted by atomic mass is 35.5. The summed E-state index contributed by atoms with van der Waals surface area (Å²) in [6.07, 6.45) is -6.91. The van der Waals surface area contributed by atoms with Crippen LogP contribution in [0.1, 0.15) is 15.9 Å². The third-order valence-corrected chi connectivity index (χ3v) is 3.69. The molecule has 26 heavy (non-hydrogen) atoms. The van der Waals surface area contributed by atoms with Crippen molar-refractivity contribution < 1.29 is 27.5 Å². The highest BCUT2D eigenvalue weighted by Gasteiger charge is 2.31. The molecule has 2 N–H and O–H groups in total. The molecule has 2 rings (SSSR count). The maximum Gasteiger partial charge on any atom is 0.416 e. The molecular weight excluding hydrogens is 373 g/mol. The van der Waals surface area contributed by atoms with E-state index < -0.39 is 29.8 Å². The Balaban J connectivity index is 2.35. The van der Waals surface area contributed by atoms with Crippen LogP contribution in [0.2, 0.25) is 5.02 Å². The van der Waals surface area contributed by atoms with E-state index in [-0.39, 0.29) is 16.3 Å². The maximum absolute atomic E-state index is 12.9. The second kappa shape index (κ2) is 8.09. The molecule has 5 nitrogen and oxygen atoms in total. The van der Waals surface area contributed by atoms with Crippen molar-refractivity contribution in [3.63, 3.8) is 0 Å². The van der Waals surface area contributed by atoms with Gasteiger partial charge in [-0.25, -0.2) is 4.79 Å². The fraction of sp³-hybridized carbons (Fsp3) is 0.176. The lowest BCUT2D eigenvalue weighted by atomic mass is 10.1. The Morgan fingerprint density at radius 3 is 2.35 bits per heavy atom. The number of rotatable bonds is 5. The van der Waals surface area contributed by atoms with E-state index >= 15 is 0 Å². The highest BCUT2D eigenvalue weighted by molar-refractivity contribution is 6.33. The molecule has 138 valence electrons. The molecule has 0 spiro atoms. The number of amides is 1. The van der Waals surface area contributed by atoms with Gasteiger partial charge in [-0.2, -0.15) is 13.2 Å². The number of benzene rings is 2. The molecule has 0 fully saturated rings.